The summed E-state index contributed by atoms with van der Waals surface area (Å²) in [6.45, 7) is 5.38. The van der Waals surface area contributed by atoms with Crippen LogP contribution in [0.2, 0.25) is 0 Å². The monoisotopic (exact) mass is 361 g/mol. The molecule has 1 aromatic heterocycles. The molecule has 1 aromatic rings. The van der Waals surface area contributed by atoms with Crippen LogP contribution in [0.1, 0.15) is 49.9 Å². The highest BCUT2D eigenvalue weighted by Crippen LogP contribution is 2.40. The molecule has 3 rings (SSSR count). The van der Waals surface area contributed by atoms with E-state index >= 15 is 0 Å². The molecule has 2 fully saturated rings. The quantitative estimate of drug-likeness (QED) is 0.821. The first-order valence-electron chi connectivity index (χ1n) is 9.16. The molecule has 0 aromatic carbocycles. The first kappa shape index (κ1) is 18.5. The molecule has 142 valence electrons. The van der Waals surface area contributed by atoms with Gasteiger partial charge in [0.25, 0.3) is 5.91 Å². The molecule has 0 aliphatic carbocycles. The number of hydrogen-bond donors (Lipinski definition) is 0. The van der Waals surface area contributed by atoms with Crippen molar-refractivity contribution in [2.24, 2.45) is 0 Å². The van der Waals surface area contributed by atoms with Crippen molar-refractivity contribution in [3.05, 3.63) is 17.7 Å². The van der Waals surface area contributed by atoms with Crippen LogP contribution in [0.25, 0.3) is 0 Å². The zero-order chi connectivity index (χ0) is 18.9. The summed E-state index contributed by atoms with van der Waals surface area (Å²) in [5.41, 5.74) is -0.367. The number of likely N-dealkylation sites (tertiary alicyclic amines) is 2. The molecule has 2 saturated heterocycles. The van der Waals surface area contributed by atoms with Gasteiger partial charge in [0.2, 0.25) is 17.7 Å². The molecule has 0 N–H and O–H groups in total. The lowest BCUT2D eigenvalue weighted by molar-refractivity contribution is -0.147. The van der Waals surface area contributed by atoms with Crippen LogP contribution < -0.4 is 9.47 Å². The molecule has 0 saturated carbocycles. The molecule has 1 spiro atoms. The van der Waals surface area contributed by atoms with Crippen LogP contribution in [-0.2, 0) is 4.79 Å². The van der Waals surface area contributed by atoms with Gasteiger partial charge in [-0.1, -0.05) is 0 Å². The predicted molar refractivity (Wildman–Crippen MR) is 96.4 cm³/mol. The molecule has 3 heterocycles. The topological polar surface area (TPSA) is 72.0 Å². The Labute approximate surface area is 154 Å². The minimum absolute atomic E-state index is 0.0741. The molecule has 1 atom stereocenters. The van der Waals surface area contributed by atoms with E-state index in [2.05, 4.69) is 4.98 Å². The average molecular weight is 361 g/mol. The average Bonchev–Trinajstić information content (AvgIpc) is 3.07. The lowest BCUT2D eigenvalue weighted by atomic mass is 9.84. The standard InChI is InChI=1S/C19H27N3O4/c1-13(2)21-11-5-9-19(18(21)24)10-6-12-22(19)17(23)14-7-8-15(25-3)20-16(14)26-4/h7-8,13H,5-6,9-12H2,1-4H3. The first-order chi connectivity index (χ1) is 12.4. The second kappa shape index (κ2) is 7.13. The molecule has 0 radical (unpaired) electrons. The highest BCUT2D eigenvalue weighted by molar-refractivity contribution is 6.01. The van der Waals surface area contributed by atoms with Crippen molar-refractivity contribution < 1.29 is 19.1 Å². The summed E-state index contributed by atoms with van der Waals surface area (Å²) in [4.78, 5) is 34.4. The van der Waals surface area contributed by atoms with E-state index in [1.165, 1.54) is 14.2 Å². The Bertz CT molecular complexity index is 706. The predicted octanol–water partition coefficient (Wildman–Crippen LogP) is 2.10. The van der Waals surface area contributed by atoms with Crippen LogP contribution in [0.4, 0.5) is 0 Å². The normalized spacial score (nSPS) is 23.0. The van der Waals surface area contributed by atoms with Crippen molar-refractivity contribution in [3.63, 3.8) is 0 Å². The molecule has 0 bridgehead atoms. The number of methoxy groups -OCH3 is 2. The fourth-order valence-corrected chi connectivity index (χ4v) is 4.17. The third-order valence-electron chi connectivity index (χ3n) is 5.47. The molecule has 2 amide bonds. The Balaban J connectivity index is 1.95. The maximum absolute atomic E-state index is 13.3. The lowest BCUT2D eigenvalue weighted by Crippen LogP contribution is -2.62. The van der Waals surface area contributed by atoms with E-state index in [1.807, 2.05) is 18.7 Å². The zero-order valence-electron chi connectivity index (χ0n) is 15.9. The highest BCUT2D eigenvalue weighted by atomic mass is 16.5. The van der Waals surface area contributed by atoms with Gasteiger partial charge >= 0.3 is 0 Å². The Kier molecular flexibility index (Phi) is 5.07. The van der Waals surface area contributed by atoms with E-state index in [4.69, 9.17) is 9.47 Å². The summed E-state index contributed by atoms with van der Waals surface area (Å²) in [6, 6.07) is 3.43. The fraction of sp³-hybridized carbons (Fsp3) is 0.632. The minimum atomic E-state index is -0.732. The molecule has 26 heavy (non-hydrogen) atoms. The summed E-state index contributed by atoms with van der Waals surface area (Å²) in [6.07, 6.45) is 3.17. The van der Waals surface area contributed by atoms with E-state index in [0.717, 1.165) is 19.4 Å². The van der Waals surface area contributed by atoms with Gasteiger partial charge in [-0.2, -0.15) is 4.98 Å². The van der Waals surface area contributed by atoms with Crippen molar-refractivity contribution in [1.82, 2.24) is 14.8 Å². The van der Waals surface area contributed by atoms with Gasteiger partial charge in [-0.15, -0.1) is 0 Å². The van der Waals surface area contributed by atoms with Gasteiger partial charge in [0.15, 0.2) is 0 Å². The molecule has 2 aliphatic heterocycles. The molecule has 7 nitrogen and oxygen atoms in total. The summed E-state index contributed by atoms with van der Waals surface area (Å²) in [5.74, 6) is 0.480. The third kappa shape index (κ3) is 2.89. The number of piperidine rings is 1. The Morgan fingerprint density at radius 3 is 2.46 bits per heavy atom. The van der Waals surface area contributed by atoms with Crippen LogP contribution in [0.3, 0.4) is 0 Å². The number of hydrogen-bond acceptors (Lipinski definition) is 5. The van der Waals surface area contributed by atoms with Crippen molar-refractivity contribution >= 4 is 11.8 Å². The van der Waals surface area contributed by atoms with Gasteiger partial charge in [0, 0.05) is 25.2 Å². The largest absolute Gasteiger partial charge is 0.481 e. The van der Waals surface area contributed by atoms with Gasteiger partial charge in [0.1, 0.15) is 11.1 Å². The van der Waals surface area contributed by atoms with Crippen molar-refractivity contribution in [2.45, 2.75) is 51.1 Å². The lowest BCUT2D eigenvalue weighted by Gasteiger charge is -2.46. The van der Waals surface area contributed by atoms with Gasteiger partial charge in [-0.05, 0) is 45.6 Å². The third-order valence-corrected chi connectivity index (χ3v) is 5.47. The van der Waals surface area contributed by atoms with Crippen molar-refractivity contribution in [1.29, 1.82) is 0 Å². The number of nitrogens with zero attached hydrogens (tertiary/aromatic N) is 3. The Morgan fingerprint density at radius 2 is 1.85 bits per heavy atom. The van der Waals surface area contributed by atoms with E-state index in [1.54, 1.807) is 17.0 Å². The van der Waals surface area contributed by atoms with Gasteiger partial charge in [-0.3, -0.25) is 9.59 Å². The Hall–Kier alpha value is -2.31. The fourth-order valence-electron chi connectivity index (χ4n) is 4.17. The van der Waals surface area contributed by atoms with Crippen LogP contribution in [0, 0.1) is 0 Å². The van der Waals surface area contributed by atoms with Gasteiger partial charge < -0.3 is 19.3 Å². The van der Waals surface area contributed by atoms with Crippen LogP contribution in [0.5, 0.6) is 11.8 Å². The second-order valence-electron chi connectivity index (χ2n) is 7.20. The molecule has 2 aliphatic rings. The van der Waals surface area contributed by atoms with Crippen molar-refractivity contribution in [2.75, 3.05) is 27.3 Å². The number of ether oxygens (including phenoxy) is 2. The highest BCUT2D eigenvalue weighted by Gasteiger charge is 2.53. The molecule has 7 heteroatoms. The van der Waals surface area contributed by atoms with Crippen LogP contribution >= 0.6 is 0 Å². The van der Waals surface area contributed by atoms with Gasteiger partial charge in [0.05, 0.1) is 14.2 Å². The van der Waals surface area contributed by atoms with Crippen LogP contribution in [0.15, 0.2) is 12.1 Å². The minimum Gasteiger partial charge on any atom is -0.481 e. The molecular weight excluding hydrogens is 334 g/mol. The summed E-state index contributed by atoms with van der Waals surface area (Å²) < 4.78 is 10.4. The molecule has 1 unspecified atom stereocenters. The van der Waals surface area contributed by atoms with Gasteiger partial charge in [-0.25, -0.2) is 0 Å². The number of carbonyl (C=O) groups is 2. The number of rotatable bonds is 4. The maximum atomic E-state index is 13.3. The maximum Gasteiger partial charge on any atom is 0.260 e. The van der Waals surface area contributed by atoms with Crippen molar-refractivity contribution in [3.8, 4) is 11.8 Å². The SMILES string of the molecule is COc1ccc(C(=O)N2CCCC23CCCN(C(C)C)C3=O)c(OC)n1. The van der Waals surface area contributed by atoms with E-state index in [9.17, 15) is 9.59 Å². The summed E-state index contributed by atoms with van der Waals surface area (Å²) in [5, 5.41) is 0. The smallest absolute Gasteiger partial charge is 0.260 e. The second-order valence-corrected chi connectivity index (χ2v) is 7.20. The summed E-state index contributed by atoms with van der Waals surface area (Å²) in [7, 11) is 2.99. The zero-order valence-corrected chi connectivity index (χ0v) is 15.9. The number of aromatic nitrogens is 1. The van der Waals surface area contributed by atoms with E-state index in [0.29, 0.717) is 30.8 Å². The number of pyridine rings is 1. The first-order valence-corrected chi connectivity index (χ1v) is 9.16. The Morgan fingerprint density at radius 1 is 1.15 bits per heavy atom. The van der Waals surface area contributed by atoms with E-state index in [-0.39, 0.29) is 23.7 Å². The van der Waals surface area contributed by atoms with Crippen LogP contribution in [-0.4, -0.2) is 65.5 Å². The summed E-state index contributed by atoms with van der Waals surface area (Å²) >= 11 is 0. The number of amides is 2. The van der Waals surface area contributed by atoms with E-state index < -0.39 is 5.54 Å². The number of carbonyl (C=O) groups excluding carboxylic acids is 2. The molecular formula is C19H27N3O4.